The van der Waals surface area contributed by atoms with Crippen molar-refractivity contribution in [3.8, 4) is 0 Å². The monoisotopic (exact) mass is 312 g/mol. The quantitative estimate of drug-likeness (QED) is 0.834. The molecule has 5 nitrogen and oxygen atoms in total. The third-order valence-electron chi connectivity index (χ3n) is 4.20. The number of carbonyl (C=O) groups is 1. The van der Waals surface area contributed by atoms with Gasteiger partial charge in [0, 0.05) is 31.5 Å². The van der Waals surface area contributed by atoms with Gasteiger partial charge in [0.25, 0.3) is 0 Å². The fourth-order valence-corrected chi connectivity index (χ4v) is 4.23. The van der Waals surface area contributed by atoms with Gasteiger partial charge in [-0.05, 0) is 38.3 Å². The maximum absolute atomic E-state index is 12.4. The highest BCUT2D eigenvalue weighted by molar-refractivity contribution is 7.92. The molecule has 0 aliphatic carbocycles. The summed E-state index contributed by atoms with van der Waals surface area (Å²) in [6, 6.07) is 4.40. The molecule has 2 rings (SSSR count). The number of aromatic nitrogens is 1. The highest BCUT2D eigenvalue weighted by Gasteiger charge is 2.32. The van der Waals surface area contributed by atoms with Crippen LogP contribution in [-0.4, -0.2) is 47.9 Å². The molecule has 118 valence electrons. The molecule has 1 amide bonds. The Morgan fingerprint density at radius 1 is 1.24 bits per heavy atom. The molecule has 1 aromatic rings. The Kier molecular flexibility index (Phi) is 5.08. The van der Waals surface area contributed by atoms with Crippen LogP contribution in [0.4, 0.5) is 0 Å². The van der Waals surface area contributed by atoms with Gasteiger partial charge >= 0.3 is 0 Å². The van der Waals surface area contributed by atoms with E-state index in [1.807, 2.05) is 31.5 Å². The van der Waals surface area contributed by atoms with E-state index in [1.54, 1.807) is 4.90 Å². The summed E-state index contributed by atoms with van der Waals surface area (Å²) in [5.41, 5.74) is 0. The smallest absolute Gasteiger partial charge is 0.240 e. The highest BCUT2D eigenvalue weighted by Crippen LogP contribution is 2.23. The Morgan fingerprint density at radius 2 is 1.81 bits per heavy atom. The molecule has 0 aromatic carbocycles. The SMILES string of the molecule is CCCS(=O)(=O)[C@@H](C)C(=O)N1CCC(n2cccc2)CC1. The van der Waals surface area contributed by atoms with Crippen LogP contribution in [0.2, 0.25) is 0 Å². The van der Waals surface area contributed by atoms with Crippen molar-refractivity contribution in [3.05, 3.63) is 24.5 Å². The van der Waals surface area contributed by atoms with Crippen LogP contribution in [0, 0.1) is 0 Å². The van der Waals surface area contributed by atoms with E-state index in [-0.39, 0.29) is 11.7 Å². The van der Waals surface area contributed by atoms with Crippen molar-refractivity contribution < 1.29 is 13.2 Å². The average molecular weight is 312 g/mol. The van der Waals surface area contributed by atoms with Gasteiger partial charge in [0.2, 0.25) is 5.91 Å². The minimum atomic E-state index is -3.31. The topological polar surface area (TPSA) is 59.4 Å². The molecule has 1 atom stereocenters. The summed E-state index contributed by atoms with van der Waals surface area (Å²) in [7, 11) is -3.31. The Balaban J connectivity index is 1.94. The van der Waals surface area contributed by atoms with E-state index in [0.717, 1.165) is 12.8 Å². The van der Waals surface area contributed by atoms with Crippen LogP contribution in [0.1, 0.15) is 39.2 Å². The number of hydrogen-bond acceptors (Lipinski definition) is 3. The summed E-state index contributed by atoms with van der Waals surface area (Å²) < 4.78 is 26.2. The molecule has 0 spiro atoms. The number of amides is 1. The third kappa shape index (κ3) is 3.67. The summed E-state index contributed by atoms with van der Waals surface area (Å²) >= 11 is 0. The molecular formula is C15H24N2O3S. The van der Waals surface area contributed by atoms with Crippen molar-refractivity contribution in [1.82, 2.24) is 9.47 Å². The van der Waals surface area contributed by atoms with Crippen LogP contribution < -0.4 is 0 Å². The van der Waals surface area contributed by atoms with Gasteiger partial charge < -0.3 is 9.47 Å². The average Bonchev–Trinajstić information content (AvgIpc) is 3.00. The second-order valence-corrected chi connectivity index (χ2v) is 8.14. The molecule has 0 saturated carbocycles. The van der Waals surface area contributed by atoms with Crippen molar-refractivity contribution in [2.45, 2.75) is 44.4 Å². The van der Waals surface area contributed by atoms with Crippen LogP contribution >= 0.6 is 0 Å². The van der Waals surface area contributed by atoms with Crippen molar-refractivity contribution in [3.63, 3.8) is 0 Å². The zero-order valence-electron chi connectivity index (χ0n) is 12.7. The van der Waals surface area contributed by atoms with Crippen molar-refractivity contribution >= 4 is 15.7 Å². The maximum Gasteiger partial charge on any atom is 0.240 e. The Morgan fingerprint density at radius 3 is 2.33 bits per heavy atom. The number of nitrogens with zero attached hydrogens (tertiary/aromatic N) is 2. The number of hydrogen-bond donors (Lipinski definition) is 0. The lowest BCUT2D eigenvalue weighted by atomic mass is 10.0. The first-order chi connectivity index (χ1) is 9.95. The number of sulfone groups is 1. The zero-order valence-corrected chi connectivity index (χ0v) is 13.6. The van der Waals surface area contributed by atoms with Gasteiger partial charge in [-0.3, -0.25) is 4.79 Å². The summed E-state index contributed by atoms with van der Waals surface area (Å²) in [4.78, 5) is 14.1. The Bertz CT molecular complexity index is 558. The van der Waals surface area contributed by atoms with Crippen LogP contribution in [0.15, 0.2) is 24.5 Å². The van der Waals surface area contributed by atoms with Gasteiger partial charge in [0.1, 0.15) is 5.25 Å². The summed E-state index contributed by atoms with van der Waals surface area (Å²) in [5.74, 6) is -0.158. The molecule has 0 unspecified atom stereocenters. The standard InChI is InChI=1S/C15H24N2O3S/c1-3-12-21(19,20)13(2)15(18)17-10-6-14(7-11-17)16-8-4-5-9-16/h4-5,8-9,13-14H,3,6-7,10-12H2,1-2H3/t13-/m0/s1. The van der Waals surface area contributed by atoms with E-state index in [4.69, 9.17) is 0 Å². The molecule has 21 heavy (non-hydrogen) atoms. The van der Waals surface area contributed by atoms with E-state index in [2.05, 4.69) is 4.57 Å². The molecule has 2 heterocycles. The fourth-order valence-electron chi connectivity index (χ4n) is 2.85. The predicted molar refractivity (Wildman–Crippen MR) is 82.8 cm³/mol. The first-order valence-electron chi connectivity index (χ1n) is 7.58. The Hall–Kier alpha value is -1.30. The van der Waals surface area contributed by atoms with Crippen molar-refractivity contribution in [2.75, 3.05) is 18.8 Å². The first kappa shape index (κ1) is 16.1. The molecule has 0 N–H and O–H groups in total. The molecule has 1 fully saturated rings. The minimum Gasteiger partial charge on any atom is -0.351 e. The van der Waals surface area contributed by atoms with Gasteiger partial charge in [-0.15, -0.1) is 0 Å². The van der Waals surface area contributed by atoms with Gasteiger partial charge in [0.15, 0.2) is 9.84 Å². The van der Waals surface area contributed by atoms with Gasteiger partial charge in [-0.1, -0.05) is 6.92 Å². The summed E-state index contributed by atoms with van der Waals surface area (Å²) in [5, 5.41) is -0.916. The van der Waals surface area contributed by atoms with Crippen molar-refractivity contribution in [2.24, 2.45) is 0 Å². The summed E-state index contributed by atoms with van der Waals surface area (Å²) in [6.45, 7) is 4.60. The number of rotatable bonds is 5. The van der Waals surface area contributed by atoms with Crippen LogP contribution in [0.5, 0.6) is 0 Å². The van der Waals surface area contributed by atoms with Crippen molar-refractivity contribution in [1.29, 1.82) is 0 Å². The second-order valence-electron chi connectivity index (χ2n) is 5.70. The first-order valence-corrected chi connectivity index (χ1v) is 9.30. The van der Waals surface area contributed by atoms with E-state index in [9.17, 15) is 13.2 Å². The molecule has 0 bridgehead atoms. The second kappa shape index (κ2) is 6.64. The maximum atomic E-state index is 12.4. The molecule has 1 aliphatic heterocycles. The van der Waals surface area contributed by atoms with E-state index < -0.39 is 15.1 Å². The zero-order chi connectivity index (χ0) is 15.5. The highest BCUT2D eigenvalue weighted by atomic mass is 32.2. The molecule has 0 radical (unpaired) electrons. The number of carbonyl (C=O) groups excluding carboxylic acids is 1. The third-order valence-corrected chi connectivity index (χ3v) is 6.46. The van der Waals surface area contributed by atoms with Crippen LogP contribution in [0.3, 0.4) is 0 Å². The Labute approximate surface area is 126 Å². The largest absolute Gasteiger partial charge is 0.351 e. The fraction of sp³-hybridized carbons (Fsp3) is 0.667. The molecule has 1 aromatic heterocycles. The van der Waals surface area contributed by atoms with Gasteiger partial charge in [-0.25, -0.2) is 8.42 Å². The number of likely N-dealkylation sites (tertiary alicyclic amines) is 1. The van der Waals surface area contributed by atoms with Gasteiger partial charge in [0.05, 0.1) is 5.75 Å². The lowest BCUT2D eigenvalue weighted by Crippen LogP contribution is -2.46. The molecular weight excluding hydrogens is 288 g/mol. The van der Waals surface area contributed by atoms with E-state index >= 15 is 0 Å². The molecule has 6 heteroatoms. The lowest BCUT2D eigenvalue weighted by molar-refractivity contribution is -0.131. The van der Waals surface area contributed by atoms with Gasteiger partial charge in [-0.2, -0.15) is 0 Å². The lowest BCUT2D eigenvalue weighted by Gasteiger charge is -2.34. The van der Waals surface area contributed by atoms with E-state index in [0.29, 0.717) is 25.6 Å². The van der Waals surface area contributed by atoms with Crippen LogP contribution in [0.25, 0.3) is 0 Å². The normalized spacial score (nSPS) is 18.7. The molecule has 1 saturated heterocycles. The van der Waals surface area contributed by atoms with Crippen LogP contribution in [-0.2, 0) is 14.6 Å². The summed E-state index contributed by atoms with van der Waals surface area (Å²) in [6.07, 6.45) is 6.38. The van der Waals surface area contributed by atoms with E-state index in [1.165, 1.54) is 6.92 Å². The minimum absolute atomic E-state index is 0.0831. The number of piperidine rings is 1. The predicted octanol–water partition coefficient (Wildman–Crippen LogP) is 1.86. The molecule has 1 aliphatic rings.